The summed E-state index contributed by atoms with van der Waals surface area (Å²) >= 11 is 0. The summed E-state index contributed by atoms with van der Waals surface area (Å²) in [5.74, 6) is 0.307. The Hall–Kier alpha value is -2.63. The fraction of sp³-hybridized carbons (Fsp3) is 0.368. The van der Waals surface area contributed by atoms with Gasteiger partial charge in [0.1, 0.15) is 5.82 Å². The Morgan fingerprint density at radius 2 is 2.12 bits per heavy atom. The summed E-state index contributed by atoms with van der Waals surface area (Å²) < 4.78 is 18.9. The van der Waals surface area contributed by atoms with Crippen LogP contribution in [0.25, 0.3) is 0 Å². The molecule has 1 aliphatic rings. The highest BCUT2D eigenvalue weighted by atomic mass is 19.1. The molecule has 1 aliphatic heterocycles. The van der Waals surface area contributed by atoms with Gasteiger partial charge in [0, 0.05) is 32.4 Å². The third-order valence-electron chi connectivity index (χ3n) is 4.52. The van der Waals surface area contributed by atoms with Gasteiger partial charge in [-0.25, -0.2) is 9.37 Å². The van der Waals surface area contributed by atoms with E-state index in [1.54, 1.807) is 12.3 Å². The van der Waals surface area contributed by atoms with E-state index in [4.69, 9.17) is 4.74 Å². The van der Waals surface area contributed by atoms with Crippen LogP contribution in [0.3, 0.4) is 0 Å². The average Bonchev–Trinajstić information content (AvgIpc) is 3.10. The lowest BCUT2D eigenvalue weighted by atomic mass is 10.0. The van der Waals surface area contributed by atoms with Gasteiger partial charge in [-0.2, -0.15) is 0 Å². The van der Waals surface area contributed by atoms with Crippen molar-refractivity contribution < 1.29 is 13.9 Å². The first-order valence-corrected chi connectivity index (χ1v) is 8.29. The van der Waals surface area contributed by atoms with Gasteiger partial charge in [0.05, 0.1) is 13.2 Å². The first kappa shape index (κ1) is 17.2. The van der Waals surface area contributed by atoms with Crippen LogP contribution in [0.5, 0.6) is 5.75 Å². The number of nitrogens with zero attached hydrogens (tertiary/aromatic N) is 3. The monoisotopic (exact) mass is 343 g/mol. The second kappa shape index (κ2) is 7.09. The number of hydrogen-bond acceptors (Lipinski definition) is 4. The summed E-state index contributed by atoms with van der Waals surface area (Å²) in [5, 5.41) is 0. The summed E-state index contributed by atoms with van der Waals surface area (Å²) in [6.45, 7) is 0.663. The van der Waals surface area contributed by atoms with Crippen LogP contribution in [-0.2, 0) is 0 Å². The zero-order valence-electron chi connectivity index (χ0n) is 14.7. The number of anilines is 1. The van der Waals surface area contributed by atoms with Gasteiger partial charge in [0.2, 0.25) is 0 Å². The third-order valence-corrected chi connectivity index (χ3v) is 4.52. The molecule has 1 aromatic carbocycles. The molecule has 1 unspecified atom stereocenters. The van der Waals surface area contributed by atoms with E-state index in [9.17, 15) is 9.18 Å². The predicted molar refractivity (Wildman–Crippen MR) is 94.5 cm³/mol. The molecule has 132 valence electrons. The number of likely N-dealkylation sites (tertiary alicyclic amines) is 1. The van der Waals surface area contributed by atoms with E-state index in [-0.39, 0.29) is 17.7 Å². The summed E-state index contributed by atoms with van der Waals surface area (Å²) in [4.78, 5) is 21.0. The lowest BCUT2D eigenvalue weighted by molar-refractivity contribution is 0.0735. The second-order valence-electron chi connectivity index (χ2n) is 6.35. The first-order chi connectivity index (χ1) is 12.0. The third kappa shape index (κ3) is 3.43. The van der Waals surface area contributed by atoms with Gasteiger partial charge in [-0.15, -0.1) is 0 Å². The van der Waals surface area contributed by atoms with Crippen LogP contribution in [0.4, 0.5) is 10.2 Å². The van der Waals surface area contributed by atoms with Crippen molar-refractivity contribution in [1.82, 2.24) is 9.88 Å². The maximum atomic E-state index is 14.0. The molecule has 1 fully saturated rings. The minimum atomic E-state index is -0.525. The summed E-state index contributed by atoms with van der Waals surface area (Å²) in [6.07, 6.45) is 3.58. The van der Waals surface area contributed by atoms with Crippen molar-refractivity contribution >= 4 is 11.7 Å². The normalized spacial score (nSPS) is 16.8. The fourth-order valence-electron chi connectivity index (χ4n) is 3.21. The van der Waals surface area contributed by atoms with Gasteiger partial charge in [-0.3, -0.25) is 4.79 Å². The molecule has 1 aromatic heterocycles. The van der Waals surface area contributed by atoms with E-state index >= 15 is 0 Å². The van der Waals surface area contributed by atoms with Crippen molar-refractivity contribution in [1.29, 1.82) is 0 Å². The Labute approximate surface area is 147 Å². The van der Waals surface area contributed by atoms with E-state index in [2.05, 4.69) is 4.98 Å². The number of carbonyl (C=O) groups excluding carboxylic acids is 1. The van der Waals surface area contributed by atoms with Crippen LogP contribution in [-0.4, -0.2) is 43.5 Å². The lowest BCUT2D eigenvalue weighted by Crippen LogP contribution is -2.30. The fourth-order valence-corrected chi connectivity index (χ4v) is 3.21. The second-order valence-corrected chi connectivity index (χ2v) is 6.35. The minimum Gasteiger partial charge on any atom is -0.494 e. The molecule has 6 heteroatoms. The van der Waals surface area contributed by atoms with Crippen LogP contribution in [0, 0.1) is 5.82 Å². The number of hydrogen-bond donors (Lipinski definition) is 0. The first-order valence-electron chi connectivity index (χ1n) is 8.29. The van der Waals surface area contributed by atoms with Crippen molar-refractivity contribution in [2.75, 3.05) is 32.6 Å². The average molecular weight is 343 g/mol. The smallest absolute Gasteiger partial charge is 0.254 e. The maximum Gasteiger partial charge on any atom is 0.254 e. The van der Waals surface area contributed by atoms with E-state index < -0.39 is 5.82 Å². The highest BCUT2D eigenvalue weighted by molar-refractivity contribution is 5.94. The highest BCUT2D eigenvalue weighted by Gasteiger charge is 2.31. The van der Waals surface area contributed by atoms with Gasteiger partial charge in [-0.05, 0) is 48.7 Å². The molecular weight excluding hydrogens is 321 g/mol. The molecule has 25 heavy (non-hydrogen) atoms. The Balaban J connectivity index is 1.87. The number of pyridine rings is 1. The Morgan fingerprint density at radius 1 is 1.32 bits per heavy atom. The van der Waals surface area contributed by atoms with E-state index in [1.165, 1.54) is 19.2 Å². The molecule has 1 saturated heterocycles. The molecule has 1 atom stereocenters. The molecule has 2 aromatic rings. The van der Waals surface area contributed by atoms with Crippen LogP contribution in [0.2, 0.25) is 0 Å². The van der Waals surface area contributed by atoms with Crippen molar-refractivity contribution in [3.63, 3.8) is 0 Å². The SMILES string of the molecule is COc1ccc(C(=O)N2CCCC2c2ccnc(N(C)C)c2)cc1F. The number of rotatable bonds is 4. The molecule has 1 amide bonds. The molecule has 0 bridgehead atoms. The topological polar surface area (TPSA) is 45.7 Å². The molecule has 0 N–H and O–H groups in total. The Kier molecular flexibility index (Phi) is 4.88. The largest absolute Gasteiger partial charge is 0.494 e. The van der Waals surface area contributed by atoms with Crippen molar-refractivity contribution in [3.05, 3.63) is 53.5 Å². The zero-order chi connectivity index (χ0) is 18.0. The van der Waals surface area contributed by atoms with Crippen LogP contribution in [0.1, 0.15) is 34.8 Å². The van der Waals surface area contributed by atoms with Gasteiger partial charge in [-0.1, -0.05) is 0 Å². The molecule has 0 saturated carbocycles. The Bertz CT molecular complexity index is 779. The molecule has 0 aliphatic carbocycles. The summed E-state index contributed by atoms with van der Waals surface area (Å²) in [5.41, 5.74) is 1.39. The number of aromatic nitrogens is 1. The quantitative estimate of drug-likeness (QED) is 0.855. The zero-order valence-corrected chi connectivity index (χ0v) is 14.7. The number of methoxy groups -OCH3 is 1. The molecule has 0 spiro atoms. The molecule has 5 nitrogen and oxygen atoms in total. The maximum absolute atomic E-state index is 14.0. The predicted octanol–water partition coefficient (Wildman–Crippen LogP) is 3.27. The molecule has 3 rings (SSSR count). The van der Waals surface area contributed by atoms with Gasteiger partial charge in [0.15, 0.2) is 11.6 Å². The van der Waals surface area contributed by atoms with E-state index in [0.717, 1.165) is 24.2 Å². The number of ether oxygens (including phenoxy) is 1. The lowest BCUT2D eigenvalue weighted by Gasteiger charge is -2.26. The van der Waals surface area contributed by atoms with E-state index in [0.29, 0.717) is 12.1 Å². The van der Waals surface area contributed by atoms with E-state index in [1.807, 2.05) is 36.0 Å². The van der Waals surface area contributed by atoms with Crippen molar-refractivity contribution in [2.45, 2.75) is 18.9 Å². The van der Waals surface area contributed by atoms with Crippen molar-refractivity contribution in [3.8, 4) is 5.75 Å². The number of benzene rings is 1. The highest BCUT2D eigenvalue weighted by Crippen LogP contribution is 2.34. The van der Waals surface area contributed by atoms with Crippen molar-refractivity contribution in [2.24, 2.45) is 0 Å². The van der Waals surface area contributed by atoms with Gasteiger partial charge < -0.3 is 14.5 Å². The van der Waals surface area contributed by atoms with Crippen LogP contribution >= 0.6 is 0 Å². The molecule has 2 heterocycles. The molecular formula is C19H22FN3O2. The molecule has 0 radical (unpaired) electrons. The van der Waals surface area contributed by atoms with Gasteiger partial charge >= 0.3 is 0 Å². The van der Waals surface area contributed by atoms with Gasteiger partial charge in [0.25, 0.3) is 5.91 Å². The number of amides is 1. The number of halogens is 1. The summed E-state index contributed by atoms with van der Waals surface area (Å²) in [6, 6.07) is 8.28. The Morgan fingerprint density at radius 3 is 2.80 bits per heavy atom. The number of carbonyl (C=O) groups is 1. The van der Waals surface area contributed by atoms with Crippen LogP contribution in [0.15, 0.2) is 36.5 Å². The standard InChI is InChI=1S/C19H22FN3O2/c1-22(2)18-12-13(8-9-21-18)16-5-4-10-23(16)19(24)14-6-7-17(25-3)15(20)11-14/h6-9,11-12,16H,4-5,10H2,1-3H3. The summed E-state index contributed by atoms with van der Waals surface area (Å²) in [7, 11) is 5.27. The minimum absolute atomic E-state index is 0.0145. The van der Waals surface area contributed by atoms with Crippen LogP contribution < -0.4 is 9.64 Å².